The third kappa shape index (κ3) is 3.27. The molecule has 0 unspecified atom stereocenters. The van der Waals surface area contributed by atoms with Crippen molar-refractivity contribution in [2.75, 3.05) is 13.7 Å². The molecule has 0 aliphatic carbocycles. The predicted octanol–water partition coefficient (Wildman–Crippen LogP) is 4.03. The van der Waals surface area contributed by atoms with Crippen LogP contribution in [0.4, 0.5) is 0 Å². The van der Waals surface area contributed by atoms with E-state index in [4.69, 9.17) is 19.5 Å². The van der Waals surface area contributed by atoms with Crippen LogP contribution in [0.2, 0.25) is 0 Å². The van der Waals surface area contributed by atoms with Crippen LogP contribution in [0, 0.1) is 11.3 Å². The first-order valence-corrected chi connectivity index (χ1v) is 8.19. The Labute approximate surface area is 152 Å². The topological polar surface area (TPSA) is 68.6 Å². The van der Waals surface area contributed by atoms with Crippen molar-refractivity contribution in [1.29, 1.82) is 5.26 Å². The van der Waals surface area contributed by atoms with Crippen LogP contribution in [0.5, 0.6) is 17.2 Å². The normalized spacial score (nSPS) is 16.4. The number of benzene rings is 2. The summed E-state index contributed by atoms with van der Waals surface area (Å²) in [6.07, 6.45) is 1.80. The van der Waals surface area contributed by atoms with E-state index in [2.05, 4.69) is 0 Å². The van der Waals surface area contributed by atoms with Crippen LogP contribution in [0.25, 0.3) is 6.08 Å². The second-order valence-electron chi connectivity index (χ2n) is 6.35. The maximum Gasteiger partial charge on any atom is 0.196 e. The van der Waals surface area contributed by atoms with Gasteiger partial charge in [0.2, 0.25) is 0 Å². The van der Waals surface area contributed by atoms with Crippen LogP contribution in [-0.4, -0.2) is 25.1 Å². The van der Waals surface area contributed by atoms with Crippen molar-refractivity contribution >= 4 is 11.9 Å². The second kappa shape index (κ2) is 6.93. The van der Waals surface area contributed by atoms with E-state index in [1.807, 2.05) is 38.1 Å². The SMILES string of the molecule is COc1cc(/C=C2/C(=O)c3ccccc3OC2(C)C)ccc1OCC#N. The molecule has 0 aromatic heterocycles. The zero-order valence-electron chi connectivity index (χ0n) is 14.9. The molecule has 2 aromatic rings. The molecule has 0 amide bonds. The molecular weight excluding hydrogens is 330 g/mol. The molecule has 0 N–H and O–H groups in total. The molecule has 5 heteroatoms. The molecule has 1 heterocycles. The smallest absolute Gasteiger partial charge is 0.196 e. The van der Waals surface area contributed by atoms with Gasteiger partial charge in [0.05, 0.1) is 12.7 Å². The van der Waals surface area contributed by atoms with Crippen LogP contribution in [0.15, 0.2) is 48.0 Å². The van der Waals surface area contributed by atoms with E-state index in [9.17, 15) is 4.79 Å². The molecule has 0 saturated carbocycles. The van der Waals surface area contributed by atoms with Crippen LogP contribution < -0.4 is 14.2 Å². The number of hydrogen-bond acceptors (Lipinski definition) is 5. The van der Waals surface area contributed by atoms with E-state index in [-0.39, 0.29) is 12.4 Å². The van der Waals surface area contributed by atoms with Gasteiger partial charge in [0.15, 0.2) is 23.9 Å². The van der Waals surface area contributed by atoms with Crippen molar-refractivity contribution < 1.29 is 19.0 Å². The number of methoxy groups -OCH3 is 1. The first kappa shape index (κ1) is 17.6. The van der Waals surface area contributed by atoms with E-state index in [1.54, 1.807) is 30.3 Å². The van der Waals surface area contributed by atoms with Crippen molar-refractivity contribution in [3.63, 3.8) is 0 Å². The van der Waals surface area contributed by atoms with Gasteiger partial charge in [-0.3, -0.25) is 4.79 Å². The minimum absolute atomic E-state index is 0.0550. The van der Waals surface area contributed by atoms with Gasteiger partial charge >= 0.3 is 0 Å². The van der Waals surface area contributed by atoms with Crippen molar-refractivity contribution in [1.82, 2.24) is 0 Å². The zero-order chi connectivity index (χ0) is 18.7. The number of rotatable bonds is 4. The molecule has 26 heavy (non-hydrogen) atoms. The fourth-order valence-electron chi connectivity index (χ4n) is 2.90. The van der Waals surface area contributed by atoms with Crippen molar-refractivity contribution in [3.8, 4) is 23.3 Å². The monoisotopic (exact) mass is 349 g/mol. The number of nitrogens with zero attached hydrogens (tertiary/aromatic N) is 1. The Balaban J connectivity index is 2.01. The lowest BCUT2D eigenvalue weighted by molar-refractivity contribution is 0.0862. The Kier molecular flexibility index (Phi) is 4.68. The van der Waals surface area contributed by atoms with Crippen molar-refractivity contribution in [2.24, 2.45) is 0 Å². The fraction of sp³-hybridized carbons (Fsp3) is 0.238. The molecule has 0 radical (unpaired) electrons. The van der Waals surface area contributed by atoms with Gasteiger partial charge in [0.1, 0.15) is 17.4 Å². The van der Waals surface area contributed by atoms with Gasteiger partial charge in [0, 0.05) is 5.57 Å². The molecule has 0 bridgehead atoms. The number of hydrogen-bond donors (Lipinski definition) is 0. The zero-order valence-corrected chi connectivity index (χ0v) is 14.9. The average Bonchev–Trinajstić information content (AvgIpc) is 2.63. The molecule has 5 nitrogen and oxygen atoms in total. The Morgan fingerprint density at radius 3 is 2.69 bits per heavy atom. The third-order valence-electron chi connectivity index (χ3n) is 4.18. The van der Waals surface area contributed by atoms with E-state index < -0.39 is 5.60 Å². The number of fused-ring (bicyclic) bond motifs is 1. The summed E-state index contributed by atoms with van der Waals surface area (Å²) in [6, 6.07) is 14.5. The number of carbonyl (C=O) groups excluding carboxylic acids is 1. The molecule has 2 aromatic carbocycles. The van der Waals surface area contributed by atoms with E-state index in [0.29, 0.717) is 28.4 Å². The molecule has 1 aliphatic heterocycles. The summed E-state index contributed by atoms with van der Waals surface area (Å²) < 4.78 is 16.7. The van der Waals surface area contributed by atoms with E-state index in [0.717, 1.165) is 5.56 Å². The molecule has 0 atom stereocenters. The Morgan fingerprint density at radius 1 is 1.19 bits per heavy atom. The van der Waals surface area contributed by atoms with Gasteiger partial charge in [-0.05, 0) is 49.8 Å². The summed E-state index contributed by atoms with van der Waals surface area (Å²) in [4.78, 5) is 13.0. The quantitative estimate of drug-likeness (QED) is 0.780. The first-order valence-electron chi connectivity index (χ1n) is 8.19. The highest BCUT2D eigenvalue weighted by atomic mass is 16.5. The van der Waals surface area contributed by atoms with Gasteiger partial charge in [-0.15, -0.1) is 0 Å². The molecule has 1 aliphatic rings. The minimum Gasteiger partial charge on any atom is -0.493 e. The van der Waals surface area contributed by atoms with Crippen LogP contribution in [0.3, 0.4) is 0 Å². The summed E-state index contributed by atoms with van der Waals surface area (Å²) in [5, 5.41) is 8.65. The lowest BCUT2D eigenvalue weighted by atomic mass is 9.86. The lowest BCUT2D eigenvalue weighted by Gasteiger charge is -2.34. The minimum atomic E-state index is -0.755. The molecule has 0 saturated heterocycles. The van der Waals surface area contributed by atoms with E-state index in [1.165, 1.54) is 7.11 Å². The summed E-state index contributed by atoms with van der Waals surface area (Å²) in [7, 11) is 1.53. The predicted molar refractivity (Wildman–Crippen MR) is 97.6 cm³/mol. The molecule has 0 spiro atoms. The van der Waals surface area contributed by atoms with Crippen molar-refractivity contribution in [3.05, 3.63) is 59.2 Å². The van der Waals surface area contributed by atoms with Gasteiger partial charge < -0.3 is 14.2 Å². The maximum atomic E-state index is 13.0. The number of Topliss-reactive ketones (excluding diaryl/α,β-unsaturated/α-hetero) is 1. The standard InChI is InChI=1S/C21H19NO4/c1-21(2)16(20(23)15-6-4-5-7-17(15)26-21)12-14-8-9-18(25-11-10-22)19(13-14)24-3/h4-9,12-13H,11H2,1-3H3/b16-12-. The van der Waals surface area contributed by atoms with Crippen LogP contribution in [-0.2, 0) is 0 Å². The summed E-state index contributed by atoms with van der Waals surface area (Å²) in [5.74, 6) is 1.52. The number of para-hydroxylation sites is 1. The van der Waals surface area contributed by atoms with Gasteiger partial charge in [0.25, 0.3) is 0 Å². The highest BCUT2D eigenvalue weighted by molar-refractivity contribution is 6.15. The highest BCUT2D eigenvalue weighted by Crippen LogP contribution is 2.38. The fourth-order valence-corrected chi connectivity index (χ4v) is 2.90. The highest BCUT2D eigenvalue weighted by Gasteiger charge is 2.37. The average molecular weight is 349 g/mol. The number of ketones is 1. The Bertz CT molecular complexity index is 922. The van der Waals surface area contributed by atoms with Gasteiger partial charge in [-0.1, -0.05) is 18.2 Å². The number of ether oxygens (including phenoxy) is 3. The number of nitriles is 1. The summed E-state index contributed by atoms with van der Waals surface area (Å²) in [5.41, 5.74) is 1.14. The first-order chi connectivity index (χ1) is 12.5. The third-order valence-corrected chi connectivity index (χ3v) is 4.18. The Morgan fingerprint density at radius 2 is 1.96 bits per heavy atom. The van der Waals surface area contributed by atoms with E-state index >= 15 is 0 Å². The van der Waals surface area contributed by atoms with Crippen LogP contribution in [0.1, 0.15) is 29.8 Å². The maximum absolute atomic E-state index is 13.0. The largest absolute Gasteiger partial charge is 0.493 e. The number of carbonyl (C=O) groups is 1. The van der Waals surface area contributed by atoms with Crippen LogP contribution >= 0.6 is 0 Å². The second-order valence-corrected chi connectivity index (χ2v) is 6.35. The summed E-state index contributed by atoms with van der Waals surface area (Å²) >= 11 is 0. The van der Waals surface area contributed by atoms with Gasteiger partial charge in [-0.2, -0.15) is 5.26 Å². The van der Waals surface area contributed by atoms with Gasteiger partial charge in [-0.25, -0.2) is 0 Å². The molecule has 132 valence electrons. The molecule has 0 fully saturated rings. The van der Waals surface area contributed by atoms with Crippen molar-refractivity contribution in [2.45, 2.75) is 19.4 Å². The molecular formula is C21H19NO4. The summed E-state index contributed by atoms with van der Waals surface area (Å²) in [6.45, 7) is 3.68. The lowest BCUT2D eigenvalue weighted by Crippen LogP contribution is -2.38. The Hall–Kier alpha value is -3.26. The molecule has 3 rings (SSSR count).